The molecule has 21 heavy (non-hydrogen) atoms. The maximum atomic E-state index is 11.3. The number of carbonyl (C=O) groups is 2. The van der Waals surface area contributed by atoms with Crippen molar-refractivity contribution in [3.8, 4) is 0 Å². The van der Waals surface area contributed by atoms with Crippen LogP contribution in [0.15, 0.2) is 0 Å². The van der Waals surface area contributed by atoms with Gasteiger partial charge in [-0.25, -0.2) is 0 Å². The monoisotopic (exact) mass is 302 g/mol. The molecule has 1 rings (SSSR count). The summed E-state index contributed by atoms with van der Waals surface area (Å²) in [6, 6.07) is 0. The van der Waals surface area contributed by atoms with Crippen LogP contribution in [0.2, 0.25) is 0 Å². The largest absolute Gasteiger partial charge is 0.455 e. The fraction of sp³-hybridized carbons (Fsp3) is 0.867. The van der Waals surface area contributed by atoms with Gasteiger partial charge in [0.1, 0.15) is 0 Å². The molecule has 6 heteroatoms. The van der Waals surface area contributed by atoms with E-state index < -0.39 is 24.3 Å². The molecule has 1 aliphatic rings. The van der Waals surface area contributed by atoms with Crippen LogP contribution in [0.4, 0.5) is 0 Å². The zero-order valence-corrected chi connectivity index (χ0v) is 13.3. The Bertz CT molecular complexity index is 343. The highest BCUT2D eigenvalue weighted by molar-refractivity contribution is 5.67. The van der Waals surface area contributed by atoms with Gasteiger partial charge in [-0.15, -0.1) is 0 Å². The second-order valence-corrected chi connectivity index (χ2v) is 5.23. The van der Waals surface area contributed by atoms with Crippen molar-refractivity contribution in [3.05, 3.63) is 0 Å². The van der Waals surface area contributed by atoms with Gasteiger partial charge in [-0.3, -0.25) is 9.59 Å². The minimum atomic E-state index is -0.851. The Morgan fingerprint density at radius 2 is 1.76 bits per heavy atom. The molecule has 1 aliphatic heterocycles. The van der Waals surface area contributed by atoms with Crippen molar-refractivity contribution in [2.45, 2.75) is 65.5 Å². The summed E-state index contributed by atoms with van der Waals surface area (Å²) < 4.78 is 21.8. The first kappa shape index (κ1) is 17.9. The van der Waals surface area contributed by atoms with E-state index in [2.05, 4.69) is 6.92 Å². The molecule has 1 saturated heterocycles. The molecule has 122 valence electrons. The minimum Gasteiger partial charge on any atom is -0.455 e. The van der Waals surface area contributed by atoms with Gasteiger partial charge in [0.15, 0.2) is 6.10 Å². The van der Waals surface area contributed by atoms with Gasteiger partial charge in [-0.2, -0.15) is 0 Å². The Hall–Kier alpha value is -1.14. The van der Waals surface area contributed by atoms with E-state index in [1.165, 1.54) is 13.8 Å². The van der Waals surface area contributed by atoms with Gasteiger partial charge in [0.2, 0.25) is 6.29 Å². The molecule has 4 atom stereocenters. The maximum absolute atomic E-state index is 11.3. The van der Waals surface area contributed by atoms with Crippen molar-refractivity contribution in [3.63, 3.8) is 0 Å². The predicted molar refractivity (Wildman–Crippen MR) is 75.5 cm³/mol. The molecular formula is C15H26O6. The number of carbonyl (C=O) groups excluding carboxylic acids is 2. The molecule has 0 aromatic carbocycles. The number of hydrogen-bond donors (Lipinski definition) is 0. The zero-order valence-electron chi connectivity index (χ0n) is 13.3. The Morgan fingerprint density at radius 1 is 1.10 bits per heavy atom. The van der Waals surface area contributed by atoms with Gasteiger partial charge < -0.3 is 18.9 Å². The lowest BCUT2D eigenvalue weighted by molar-refractivity contribution is -0.194. The van der Waals surface area contributed by atoms with Crippen molar-refractivity contribution in [2.75, 3.05) is 13.2 Å². The van der Waals surface area contributed by atoms with E-state index in [9.17, 15) is 9.59 Å². The Labute approximate surface area is 126 Å². The van der Waals surface area contributed by atoms with Crippen LogP contribution in [0.5, 0.6) is 0 Å². The van der Waals surface area contributed by atoms with Gasteiger partial charge in [0, 0.05) is 20.5 Å². The van der Waals surface area contributed by atoms with Crippen molar-refractivity contribution in [2.24, 2.45) is 5.92 Å². The van der Waals surface area contributed by atoms with Crippen LogP contribution >= 0.6 is 0 Å². The summed E-state index contributed by atoms with van der Waals surface area (Å²) in [7, 11) is 0. The summed E-state index contributed by atoms with van der Waals surface area (Å²) in [6.07, 6.45) is 1.16. The molecule has 0 aromatic rings. The maximum Gasteiger partial charge on any atom is 0.305 e. The van der Waals surface area contributed by atoms with Gasteiger partial charge in [0.25, 0.3) is 0 Å². The molecule has 1 fully saturated rings. The predicted octanol–water partition coefficient (Wildman–Crippen LogP) is 2.05. The van der Waals surface area contributed by atoms with E-state index >= 15 is 0 Å². The quantitative estimate of drug-likeness (QED) is 0.505. The number of unbranched alkanes of at least 4 members (excludes halogenated alkanes) is 1. The van der Waals surface area contributed by atoms with Crippen molar-refractivity contribution < 1.29 is 28.5 Å². The third-order valence-electron chi connectivity index (χ3n) is 3.42. The summed E-state index contributed by atoms with van der Waals surface area (Å²) >= 11 is 0. The average Bonchev–Trinajstić information content (AvgIpc) is 2.71. The molecular weight excluding hydrogens is 276 g/mol. The lowest BCUT2D eigenvalue weighted by Crippen LogP contribution is -2.37. The highest BCUT2D eigenvalue weighted by Crippen LogP contribution is 2.32. The first-order valence-electron chi connectivity index (χ1n) is 7.57. The number of esters is 2. The second kappa shape index (κ2) is 9.00. The lowest BCUT2D eigenvalue weighted by atomic mass is 9.97. The van der Waals surface area contributed by atoms with Crippen LogP contribution < -0.4 is 0 Å². The first-order valence-corrected chi connectivity index (χ1v) is 7.57. The van der Waals surface area contributed by atoms with Gasteiger partial charge in [-0.1, -0.05) is 20.3 Å². The summed E-state index contributed by atoms with van der Waals surface area (Å²) in [4.78, 5) is 22.4. The normalized spacial score (nSPS) is 28.4. The smallest absolute Gasteiger partial charge is 0.305 e. The third-order valence-corrected chi connectivity index (χ3v) is 3.42. The van der Waals surface area contributed by atoms with Crippen LogP contribution in [0.25, 0.3) is 0 Å². The Balaban J connectivity index is 2.71. The molecule has 0 N–H and O–H groups in total. The summed E-state index contributed by atoms with van der Waals surface area (Å²) in [5.74, 6) is -1.00. The molecule has 0 aromatic heterocycles. The number of hydrogen-bond acceptors (Lipinski definition) is 6. The summed E-state index contributed by atoms with van der Waals surface area (Å²) in [5.41, 5.74) is 0. The van der Waals surface area contributed by atoms with Crippen LogP contribution in [0.3, 0.4) is 0 Å². The SMILES string of the molecule is CCCCOC[C@@H]1[C@@H](CC)OC(OC(C)=O)[C@@H]1OC(C)=O. The topological polar surface area (TPSA) is 71.1 Å². The fourth-order valence-electron chi connectivity index (χ4n) is 2.42. The highest BCUT2D eigenvalue weighted by Gasteiger charge is 2.47. The number of ether oxygens (including phenoxy) is 4. The molecule has 1 heterocycles. The third kappa shape index (κ3) is 5.63. The lowest BCUT2D eigenvalue weighted by Gasteiger charge is -2.23. The van der Waals surface area contributed by atoms with E-state index in [1.807, 2.05) is 6.92 Å². The molecule has 6 nitrogen and oxygen atoms in total. The molecule has 0 aliphatic carbocycles. The summed E-state index contributed by atoms with van der Waals surface area (Å²) in [6.45, 7) is 7.79. The van der Waals surface area contributed by atoms with Crippen LogP contribution in [0.1, 0.15) is 47.0 Å². The first-order chi connectivity index (χ1) is 9.99. The standard InChI is InChI=1S/C15H26O6/c1-5-7-8-18-9-12-13(6-2)21-15(20-11(4)17)14(12)19-10(3)16/h12-15H,5-9H2,1-4H3/t12-,13-,14-,15?/m1/s1. The van der Waals surface area contributed by atoms with Gasteiger partial charge in [0.05, 0.1) is 18.6 Å². The second-order valence-electron chi connectivity index (χ2n) is 5.23. The van der Waals surface area contributed by atoms with E-state index in [0.29, 0.717) is 13.2 Å². The van der Waals surface area contributed by atoms with Crippen LogP contribution in [-0.4, -0.2) is 43.7 Å². The highest BCUT2D eigenvalue weighted by atomic mass is 16.7. The van der Waals surface area contributed by atoms with Crippen LogP contribution in [0, 0.1) is 5.92 Å². The van der Waals surface area contributed by atoms with Crippen molar-refractivity contribution >= 4 is 11.9 Å². The average molecular weight is 302 g/mol. The molecule has 0 bridgehead atoms. The minimum absolute atomic E-state index is 0.125. The van der Waals surface area contributed by atoms with E-state index in [4.69, 9.17) is 18.9 Å². The van der Waals surface area contributed by atoms with Gasteiger partial charge in [-0.05, 0) is 12.8 Å². The van der Waals surface area contributed by atoms with Gasteiger partial charge >= 0.3 is 11.9 Å². The summed E-state index contributed by atoms with van der Waals surface area (Å²) in [5, 5.41) is 0. The molecule has 0 saturated carbocycles. The van der Waals surface area contributed by atoms with Crippen molar-refractivity contribution in [1.29, 1.82) is 0 Å². The molecule has 0 radical (unpaired) electrons. The Morgan fingerprint density at radius 3 is 2.29 bits per heavy atom. The van der Waals surface area contributed by atoms with Crippen LogP contribution in [-0.2, 0) is 28.5 Å². The van der Waals surface area contributed by atoms with E-state index in [1.54, 1.807) is 0 Å². The molecule has 0 amide bonds. The molecule has 0 spiro atoms. The van der Waals surface area contributed by atoms with E-state index in [0.717, 1.165) is 19.3 Å². The van der Waals surface area contributed by atoms with E-state index in [-0.39, 0.29) is 12.0 Å². The number of rotatable bonds is 8. The zero-order chi connectivity index (χ0) is 15.8. The Kier molecular flexibility index (Phi) is 7.67. The molecule has 1 unspecified atom stereocenters. The fourth-order valence-corrected chi connectivity index (χ4v) is 2.42. The van der Waals surface area contributed by atoms with Crippen molar-refractivity contribution in [1.82, 2.24) is 0 Å².